The number of hydrogen-bond donors (Lipinski definition) is 0. The van der Waals surface area contributed by atoms with Gasteiger partial charge in [-0.3, -0.25) is 14.3 Å². The molecule has 2 heterocycles. The highest BCUT2D eigenvalue weighted by molar-refractivity contribution is 5.58. The van der Waals surface area contributed by atoms with Gasteiger partial charge in [0.1, 0.15) is 12.4 Å². The van der Waals surface area contributed by atoms with Gasteiger partial charge in [0.15, 0.2) is 0 Å². The number of ether oxygens (including phenoxy) is 1. The fraction of sp³-hybridized carbons (Fsp3) is 0.200. The molecule has 0 saturated carbocycles. The fourth-order valence-electron chi connectivity index (χ4n) is 2.44. The van der Waals surface area contributed by atoms with Crippen molar-refractivity contribution < 1.29 is 4.74 Å². The van der Waals surface area contributed by atoms with Gasteiger partial charge in [-0.1, -0.05) is 12.1 Å². The Labute approximate surface area is 147 Å². The van der Waals surface area contributed by atoms with Gasteiger partial charge in [-0.25, -0.2) is 0 Å². The van der Waals surface area contributed by atoms with Crippen LogP contribution in [-0.2, 0) is 0 Å². The molecular weight excluding hydrogens is 314 g/mol. The van der Waals surface area contributed by atoms with Gasteiger partial charge in [-0.15, -0.1) is 0 Å². The number of aromatic nitrogens is 2. The first kappa shape index (κ1) is 16.9. The largest absolute Gasteiger partial charge is 0.492 e. The zero-order valence-corrected chi connectivity index (χ0v) is 14.4. The van der Waals surface area contributed by atoms with Gasteiger partial charge in [-0.2, -0.15) is 0 Å². The Balaban J connectivity index is 1.90. The van der Waals surface area contributed by atoms with E-state index in [1.807, 2.05) is 62.8 Å². The highest BCUT2D eigenvalue weighted by atomic mass is 16.5. The number of pyridine rings is 2. The summed E-state index contributed by atoms with van der Waals surface area (Å²) in [6, 6.07) is 16.6. The minimum absolute atomic E-state index is 0.0925. The zero-order valence-electron chi connectivity index (χ0n) is 14.4. The van der Waals surface area contributed by atoms with Crippen molar-refractivity contribution in [3.05, 3.63) is 77.3 Å². The van der Waals surface area contributed by atoms with Crippen LogP contribution >= 0.6 is 0 Å². The van der Waals surface area contributed by atoms with Gasteiger partial charge >= 0.3 is 0 Å². The molecule has 0 spiro atoms. The number of benzene rings is 1. The van der Waals surface area contributed by atoms with Crippen molar-refractivity contribution in [3.8, 4) is 22.7 Å². The van der Waals surface area contributed by atoms with Crippen molar-refractivity contribution in [2.75, 3.05) is 27.2 Å². The van der Waals surface area contributed by atoms with Gasteiger partial charge in [0.25, 0.3) is 5.56 Å². The number of nitrogens with zero attached hydrogens (tertiary/aromatic N) is 3. The van der Waals surface area contributed by atoms with Gasteiger partial charge in [-0.05, 0) is 44.4 Å². The Kier molecular flexibility index (Phi) is 5.26. The van der Waals surface area contributed by atoms with Crippen LogP contribution in [0.3, 0.4) is 0 Å². The van der Waals surface area contributed by atoms with Crippen LogP contribution in [0.2, 0.25) is 0 Å². The van der Waals surface area contributed by atoms with Crippen LogP contribution in [0.4, 0.5) is 0 Å². The Bertz CT molecular complexity index is 889. The summed E-state index contributed by atoms with van der Waals surface area (Å²) in [5.41, 5.74) is 2.39. The zero-order chi connectivity index (χ0) is 17.6. The molecule has 25 heavy (non-hydrogen) atoms. The normalized spacial score (nSPS) is 10.8. The van der Waals surface area contributed by atoms with Crippen molar-refractivity contribution in [2.24, 2.45) is 0 Å². The molecule has 0 aliphatic heterocycles. The topological polar surface area (TPSA) is 47.4 Å². The molecule has 3 aromatic rings. The molecule has 0 unspecified atom stereocenters. The van der Waals surface area contributed by atoms with E-state index >= 15 is 0 Å². The van der Waals surface area contributed by atoms with Gasteiger partial charge in [0.05, 0.1) is 11.4 Å². The highest BCUT2D eigenvalue weighted by Gasteiger charge is 2.05. The number of hydrogen-bond acceptors (Lipinski definition) is 4. The molecule has 0 atom stereocenters. The Morgan fingerprint density at radius 1 is 1.08 bits per heavy atom. The van der Waals surface area contributed by atoms with Crippen LogP contribution in [0.15, 0.2) is 71.8 Å². The average molecular weight is 335 g/mol. The van der Waals surface area contributed by atoms with Crippen LogP contribution < -0.4 is 10.3 Å². The lowest BCUT2D eigenvalue weighted by Gasteiger charge is -2.13. The lowest BCUT2D eigenvalue weighted by atomic mass is 10.2. The van der Waals surface area contributed by atoms with E-state index in [1.165, 1.54) is 0 Å². The van der Waals surface area contributed by atoms with Crippen LogP contribution in [-0.4, -0.2) is 41.7 Å². The molecule has 0 amide bonds. The lowest BCUT2D eigenvalue weighted by Crippen LogP contribution is -2.19. The molecule has 0 bridgehead atoms. The third-order valence-electron chi connectivity index (χ3n) is 3.77. The first-order chi connectivity index (χ1) is 12.1. The fourth-order valence-corrected chi connectivity index (χ4v) is 2.44. The molecule has 0 aliphatic carbocycles. The summed E-state index contributed by atoms with van der Waals surface area (Å²) in [6.07, 6.45) is 3.55. The molecule has 5 nitrogen and oxygen atoms in total. The molecular formula is C20H21N3O2. The quantitative estimate of drug-likeness (QED) is 0.695. The summed E-state index contributed by atoms with van der Waals surface area (Å²) in [4.78, 5) is 18.7. The Morgan fingerprint density at radius 2 is 1.96 bits per heavy atom. The smallest absolute Gasteiger partial charge is 0.255 e. The molecule has 0 radical (unpaired) electrons. The molecule has 2 aromatic heterocycles. The molecule has 1 aromatic carbocycles. The van der Waals surface area contributed by atoms with E-state index in [4.69, 9.17) is 4.74 Å². The molecule has 0 saturated heterocycles. The minimum Gasteiger partial charge on any atom is -0.492 e. The monoisotopic (exact) mass is 335 g/mol. The van der Waals surface area contributed by atoms with E-state index in [0.717, 1.165) is 29.2 Å². The molecule has 128 valence electrons. The van der Waals surface area contributed by atoms with Gasteiger partial charge in [0.2, 0.25) is 0 Å². The maximum Gasteiger partial charge on any atom is 0.255 e. The second-order valence-electron chi connectivity index (χ2n) is 5.99. The standard InChI is InChI=1S/C20H21N3O2/c1-22(2)12-13-25-18-7-5-6-17(14-18)23-15-16(9-10-20(23)24)19-8-3-4-11-21-19/h3-11,14-15H,12-13H2,1-2H3. The maximum atomic E-state index is 12.3. The molecule has 0 aliphatic rings. The molecule has 0 fully saturated rings. The van der Waals surface area contributed by atoms with Crippen LogP contribution in [0, 0.1) is 0 Å². The van der Waals surface area contributed by atoms with Crippen LogP contribution in [0.25, 0.3) is 16.9 Å². The summed E-state index contributed by atoms with van der Waals surface area (Å²) in [5.74, 6) is 0.745. The van der Waals surface area contributed by atoms with Crippen LogP contribution in [0.5, 0.6) is 5.75 Å². The Hall–Kier alpha value is -2.92. The first-order valence-corrected chi connectivity index (χ1v) is 8.15. The summed E-state index contributed by atoms with van der Waals surface area (Å²) in [6.45, 7) is 1.43. The van der Waals surface area contributed by atoms with E-state index in [0.29, 0.717) is 6.61 Å². The van der Waals surface area contributed by atoms with Gasteiger partial charge < -0.3 is 9.64 Å². The third-order valence-corrected chi connectivity index (χ3v) is 3.77. The van der Waals surface area contributed by atoms with E-state index in [1.54, 1.807) is 22.9 Å². The first-order valence-electron chi connectivity index (χ1n) is 8.15. The summed E-state index contributed by atoms with van der Waals surface area (Å²) >= 11 is 0. The average Bonchev–Trinajstić information content (AvgIpc) is 2.63. The predicted octanol–water partition coefficient (Wildman–Crippen LogP) is 2.84. The lowest BCUT2D eigenvalue weighted by molar-refractivity contribution is 0.261. The van der Waals surface area contributed by atoms with E-state index in [9.17, 15) is 4.79 Å². The second kappa shape index (κ2) is 7.77. The minimum atomic E-state index is -0.0925. The highest BCUT2D eigenvalue weighted by Crippen LogP contribution is 2.19. The summed E-state index contributed by atoms with van der Waals surface area (Å²) < 4.78 is 7.38. The number of likely N-dealkylation sites (N-methyl/N-ethyl adjacent to an activating group) is 1. The summed E-state index contributed by atoms with van der Waals surface area (Å²) in [7, 11) is 4.00. The SMILES string of the molecule is CN(C)CCOc1cccc(-n2cc(-c3ccccn3)ccc2=O)c1. The number of rotatable bonds is 6. The predicted molar refractivity (Wildman–Crippen MR) is 99.3 cm³/mol. The van der Waals surface area contributed by atoms with Crippen molar-refractivity contribution >= 4 is 0 Å². The summed E-state index contributed by atoms with van der Waals surface area (Å²) in [5, 5.41) is 0. The van der Waals surface area contributed by atoms with E-state index in [2.05, 4.69) is 9.88 Å². The van der Waals surface area contributed by atoms with Crippen molar-refractivity contribution in [2.45, 2.75) is 0 Å². The van der Waals surface area contributed by atoms with E-state index in [-0.39, 0.29) is 5.56 Å². The van der Waals surface area contributed by atoms with Crippen LogP contribution in [0.1, 0.15) is 0 Å². The molecule has 5 heteroatoms. The second-order valence-corrected chi connectivity index (χ2v) is 5.99. The Morgan fingerprint density at radius 3 is 2.72 bits per heavy atom. The van der Waals surface area contributed by atoms with E-state index < -0.39 is 0 Å². The van der Waals surface area contributed by atoms with Crippen molar-refractivity contribution in [1.82, 2.24) is 14.5 Å². The maximum absolute atomic E-state index is 12.3. The molecule has 0 N–H and O–H groups in total. The third kappa shape index (κ3) is 4.33. The van der Waals surface area contributed by atoms with Gasteiger partial charge in [0, 0.05) is 36.6 Å². The molecule has 3 rings (SSSR count). The van der Waals surface area contributed by atoms with Crippen molar-refractivity contribution in [1.29, 1.82) is 0 Å². The van der Waals surface area contributed by atoms with Crippen molar-refractivity contribution in [3.63, 3.8) is 0 Å².